The quantitative estimate of drug-likeness (QED) is 0.434. The van der Waals surface area contributed by atoms with Crippen molar-refractivity contribution in [2.75, 3.05) is 26.9 Å². The Balaban J connectivity index is 1.58. The van der Waals surface area contributed by atoms with Gasteiger partial charge in [0.1, 0.15) is 5.60 Å². The van der Waals surface area contributed by atoms with E-state index < -0.39 is 5.60 Å². The van der Waals surface area contributed by atoms with Gasteiger partial charge in [0.2, 0.25) is 0 Å². The normalized spacial score (nSPS) is 23.3. The molecule has 0 spiro atoms. The third-order valence-corrected chi connectivity index (χ3v) is 7.49. The second-order valence-corrected chi connectivity index (χ2v) is 9.24. The minimum Gasteiger partial charge on any atom is -0.383 e. The standard InChI is InChI=1S/C29H33NO2/c1-31-22-27-18-20-28(19-11-21-30(27)28)23-32-29(24-12-5-2-6-13-24,25-14-7-3-8-15-25)26-16-9-4-10-17-26/h2-10,12-17,27H,11,18-23H2,1H3/t27-,28-/m1/s1. The molecule has 3 heteroatoms. The number of ether oxygens (including phenoxy) is 2. The van der Waals surface area contributed by atoms with Crippen molar-refractivity contribution in [1.29, 1.82) is 0 Å². The summed E-state index contributed by atoms with van der Waals surface area (Å²) in [6.07, 6.45) is 4.79. The summed E-state index contributed by atoms with van der Waals surface area (Å²) in [5.41, 5.74) is 2.97. The molecule has 0 unspecified atom stereocenters. The number of methoxy groups -OCH3 is 1. The van der Waals surface area contributed by atoms with Crippen molar-refractivity contribution in [3.05, 3.63) is 108 Å². The van der Waals surface area contributed by atoms with Gasteiger partial charge in [-0.3, -0.25) is 4.90 Å². The number of hydrogen-bond acceptors (Lipinski definition) is 3. The van der Waals surface area contributed by atoms with Crippen LogP contribution in [0.1, 0.15) is 42.4 Å². The SMILES string of the molecule is COC[C@H]1CC[C@@]2(COC(c3ccccc3)(c3ccccc3)c3ccccc3)CCCN12. The molecule has 2 aliphatic heterocycles. The molecule has 3 nitrogen and oxygen atoms in total. The minimum absolute atomic E-state index is 0.104. The van der Waals surface area contributed by atoms with E-state index in [0.29, 0.717) is 12.6 Å². The Kier molecular flexibility index (Phi) is 6.14. The van der Waals surface area contributed by atoms with Crippen LogP contribution in [0.15, 0.2) is 91.0 Å². The van der Waals surface area contributed by atoms with Crippen LogP contribution in [0.3, 0.4) is 0 Å². The topological polar surface area (TPSA) is 21.7 Å². The van der Waals surface area contributed by atoms with Gasteiger partial charge in [-0.05, 0) is 48.9 Å². The number of hydrogen-bond donors (Lipinski definition) is 0. The van der Waals surface area contributed by atoms with Gasteiger partial charge in [-0.25, -0.2) is 0 Å². The van der Waals surface area contributed by atoms with E-state index in [2.05, 4.69) is 95.9 Å². The molecule has 0 radical (unpaired) electrons. The maximum Gasteiger partial charge on any atom is 0.143 e. The Morgan fingerprint density at radius 3 is 1.84 bits per heavy atom. The van der Waals surface area contributed by atoms with E-state index >= 15 is 0 Å². The lowest BCUT2D eigenvalue weighted by molar-refractivity contribution is -0.0504. The molecule has 2 aliphatic rings. The zero-order chi connectivity index (χ0) is 21.9. The Morgan fingerprint density at radius 1 is 0.812 bits per heavy atom. The molecule has 0 amide bonds. The van der Waals surface area contributed by atoms with Crippen LogP contribution < -0.4 is 0 Å². The fourth-order valence-electron chi connectivity index (χ4n) is 5.99. The molecule has 3 aromatic rings. The van der Waals surface area contributed by atoms with Crippen molar-refractivity contribution < 1.29 is 9.47 Å². The predicted molar refractivity (Wildman–Crippen MR) is 129 cm³/mol. The van der Waals surface area contributed by atoms with E-state index in [9.17, 15) is 0 Å². The molecule has 2 fully saturated rings. The van der Waals surface area contributed by atoms with Crippen LogP contribution in [-0.4, -0.2) is 43.3 Å². The molecule has 5 rings (SSSR count). The Hall–Kier alpha value is -2.46. The summed E-state index contributed by atoms with van der Waals surface area (Å²) in [6, 6.07) is 32.6. The molecule has 32 heavy (non-hydrogen) atoms. The van der Waals surface area contributed by atoms with E-state index in [1.807, 2.05) is 7.11 Å². The van der Waals surface area contributed by atoms with Crippen molar-refractivity contribution in [2.45, 2.75) is 42.9 Å². The molecule has 0 saturated carbocycles. The molecule has 0 aliphatic carbocycles. The van der Waals surface area contributed by atoms with Gasteiger partial charge >= 0.3 is 0 Å². The lowest BCUT2D eigenvalue weighted by atomic mass is 9.79. The van der Waals surface area contributed by atoms with Crippen molar-refractivity contribution in [2.24, 2.45) is 0 Å². The van der Waals surface area contributed by atoms with Crippen LogP contribution in [0.4, 0.5) is 0 Å². The second kappa shape index (κ2) is 9.19. The Morgan fingerprint density at radius 2 is 1.34 bits per heavy atom. The second-order valence-electron chi connectivity index (χ2n) is 9.24. The summed E-state index contributed by atoms with van der Waals surface area (Å²) in [4.78, 5) is 2.68. The van der Waals surface area contributed by atoms with E-state index in [-0.39, 0.29) is 5.54 Å². The zero-order valence-corrected chi connectivity index (χ0v) is 19.0. The fourth-order valence-corrected chi connectivity index (χ4v) is 5.99. The predicted octanol–water partition coefficient (Wildman–Crippen LogP) is 5.64. The first kappa shape index (κ1) is 21.4. The Bertz CT molecular complexity index is 895. The summed E-state index contributed by atoms with van der Waals surface area (Å²) in [6.45, 7) is 2.67. The maximum atomic E-state index is 7.22. The van der Waals surface area contributed by atoms with Crippen LogP contribution >= 0.6 is 0 Å². The van der Waals surface area contributed by atoms with Gasteiger partial charge in [0, 0.05) is 18.7 Å². The van der Waals surface area contributed by atoms with Gasteiger partial charge in [-0.2, -0.15) is 0 Å². The molecule has 0 N–H and O–H groups in total. The van der Waals surface area contributed by atoms with Gasteiger partial charge in [-0.15, -0.1) is 0 Å². The summed E-state index contributed by atoms with van der Waals surface area (Å²) in [5, 5.41) is 0. The largest absolute Gasteiger partial charge is 0.383 e. The van der Waals surface area contributed by atoms with Gasteiger partial charge in [0.25, 0.3) is 0 Å². The first-order chi connectivity index (χ1) is 15.8. The highest BCUT2D eigenvalue weighted by Crippen LogP contribution is 2.46. The lowest BCUT2D eigenvalue weighted by Crippen LogP contribution is -2.49. The van der Waals surface area contributed by atoms with Gasteiger partial charge < -0.3 is 9.47 Å². The van der Waals surface area contributed by atoms with Crippen molar-refractivity contribution >= 4 is 0 Å². The molecule has 166 valence electrons. The van der Waals surface area contributed by atoms with Crippen LogP contribution in [-0.2, 0) is 15.1 Å². The monoisotopic (exact) mass is 427 g/mol. The van der Waals surface area contributed by atoms with Crippen LogP contribution in [0.25, 0.3) is 0 Å². The highest BCUT2D eigenvalue weighted by Gasteiger charge is 2.51. The van der Waals surface area contributed by atoms with E-state index in [1.165, 1.54) is 42.4 Å². The fraction of sp³-hybridized carbons (Fsp3) is 0.379. The third kappa shape index (κ3) is 3.69. The average Bonchev–Trinajstić information content (AvgIpc) is 3.42. The molecular formula is C29H33NO2. The van der Waals surface area contributed by atoms with Crippen LogP contribution in [0.5, 0.6) is 0 Å². The third-order valence-electron chi connectivity index (χ3n) is 7.49. The number of fused-ring (bicyclic) bond motifs is 1. The van der Waals surface area contributed by atoms with Crippen molar-refractivity contribution in [1.82, 2.24) is 4.90 Å². The molecule has 2 saturated heterocycles. The van der Waals surface area contributed by atoms with E-state index in [0.717, 1.165) is 13.2 Å². The van der Waals surface area contributed by atoms with Gasteiger partial charge in [0.05, 0.1) is 13.2 Å². The molecule has 0 bridgehead atoms. The van der Waals surface area contributed by atoms with Gasteiger partial charge in [0.15, 0.2) is 0 Å². The van der Waals surface area contributed by atoms with Crippen molar-refractivity contribution in [3.63, 3.8) is 0 Å². The molecule has 0 aromatic heterocycles. The average molecular weight is 428 g/mol. The first-order valence-electron chi connectivity index (χ1n) is 11.8. The first-order valence-corrected chi connectivity index (χ1v) is 11.8. The van der Waals surface area contributed by atoms with Crippen molar-refractivity contribution in [3.8, 4) is 0 Å². The highest BCUT2D eigenvalue weighted by molar-refractivity contribution is 5.47. The molecule has 3 aromatic carbocycles. The number of rotatable bonds is 8. The zero-order valence-electron chi connectivity index (χ0n) is 19.0. The smallest absolute Gasteiger partial charge is 0.143 e. The molecular weight excluding hydrogens is 394 g/mol. The molecule has 2 atom stereocenters. The van der Waals surface area contributed by atoms with Gasteiger partial charge in [-0.1, -0.05) is 91.0 Å². The lowest BCUT2D eigenvalue weighted by Gasteiger charge is -2.41. The Labute approximate surface area is 192 Å². The summed E-state index contributed by atoms with van der Waals surface area (Å²) < 4.78 is 12.8. The highest BCUT2D eigenvalue weighted by atomic mass is 16.5. The molecule has 2 heterocycles. The van der Waals surface area contributed by atoms with E-state index in [1.54, 1.807) is 0 Å². The summed E-state index contributed by atoms with van der Waals surface area (Å²) in [5.74, 6) is 0. The van der Waals surface area contributed by atoms with Crippen LogP contribution in [0.2, 0.25) is 0 Å². The maximum absolute atomic E-state index is 7.22. The van der Waals surface area contributed by atoms with E-state index in [4.69, 9.17) is 9.47 Å². The number of benzene rings is 3. The summed E-state index contributed by atoms with van der Waals surface area (Å²) >= 11 is 0. The minimum atomic E-state index is -0.647. The van der Waals surface area contributed by atoms with Crippen LogP contribution in [0, 0.1) is 0 Å². The summed E-state index contributed by atoms with van der Waals surface area (Å²) in [7, 11) is 1.82. The number of nitrogens with zero attached hydrogens (tertiary/aromatic N) is 1.